The summed E-state index contributed by atoms with van der Waals surface area (Å²) in [5, 5.41) is 0. The van der Waals surface area contributed by atoms with Crippen molar-refractivity contribution in [2.75, 3.05) is 18.0 Å². The molecule has 0 saturated carbocycles. The first-order chi connectivity index (χ1) is 8.41. The molecule has 1 heterocycles. The Balaban J connectivity index is 2.14. The third kappa shape index (κ3) is 3.03. The molecule has 0 aliphatic carbocycles. The van der Waals surface area contributed by atoms with E-state index in [1.54, 1.807) is 0 Å². The van der Waals surface area contributed by atoms with Crippen LogP contribution in [0.3, 0.4) is 0 Å². The standard InChI is InChI=1S/C15H21BrClN/c1-15(2,3)12-6-7-18(10-12)14-5-4-11(9-17)8-13(14)16/h4-5,8,12H,6-7,9-10H2,1-3H3. The molecule has 1 unspecified atom stereocenters. The van der Waals surface area contributed by atoms with E-state index in [9.17, 15) is 0 Å². The summed E-state index contributed by atoms with van der Waals surface area (Å²) in [6, 6.07) is 6.44. The normalized spacial score (nSPS) is 20.5. The predicted octanol–water partition coefficient (Wildman–Crippen LogP) is 5.06. The zero-order valence-corrected chi connectivity index (χ0v) is 13.7. The predicted molar refractivity (Wildman–Crippen MR) is 83.5 cm³/mol. The Kier molecular flexibility index (Phi) is 4.28. The van der Waals surface area contributed by atoms with Gasteiger partial charge in [0.15, 0.2) is 0 Å². The largest absolute Gasteiger partial charge is 0.370 e. The Morgan fingerprint density at radius 3 is 2.61 bits per heavy atom. The molecule has 0 bridgehead atoms. The van der Waals surface area contributed by atoms with Gasteiger partial charge in [-0.3, -0.25) is 0 Å². The van der Waals surface area contributed by atoms with E-state index >= 15 is 0 Å². The monoisotopic (exact) mass is 329 g/mol. The topological polar surface area (TPSA) is 3.24 Å². The quantitative estimate of drug-likeness (QED) is 0.685. The fraction of sp³-hybridized carbons (Fsp3) is 0.600. The summed E-state index contributed by atoms with van der Waals surface area (Å²) in [6.45, 7) is 9.33. The highest BCUT2D eigenvalue weighted by Crippen LogP contribution is 2.38. The number of rotatable bonds is 2. The highest BCUT2D eigenvalue weighted by Gasteiger charge is 2.32. The van der Waals surface area contributed by atoms with E-state index in [0.717, 1.165) is 23.5 Å². The molecule has 0 spiro atoms. The van der Waals surface area contributed by atoms with Gasteiger partial charge in [-0.25, -0.2) is 0 Å². The van der Waals surface area contributed by atoms with Gasteiger partial charge < -0.3 is 4.90 Å². The molecular weight excluding hydrogens is 310 g/mol. The van der Waals surface area contributed by atoms with Crippen LogP contribution in [0.15, 0.2) is 22.7 Å². The summed E-state index contributed by atoms with van der Waals surface area (Å²) in [5.41, 5.74) is 2.87. The van der Waals surface area contributed by atoms with Crippen LogP contribution in [0.4, 0.5) is 5.69 Å². The van der Waals surface area contributed by atoms with Crippen molar-refractivity contribution in [3.8, 4) is 0 Å². The lowest BCUT2D eigenvalue weighted by atomic mass is 9.80. The van der Waals surface area contributed by atoms with Gasteiger partial charge in [-0.2, -0.15) is 0 Å². The Bertz CT molecular complexity index is 425. The third-order valence-electron chi connectivity index (χ3n) is 3.92. The average molecular weight is 331 g/mol. The van der Waals surface area contributed by atoms with Gasteiger partial charge in [-0.15, -0.1) is 11.6 Å². The zero-order chi connectivity index (χ0) is 13.3. The van der Waals surface area contributed by atoms with E-state index in [1.807, 2.05) is 0 Å². The highest BCUT2D eigenvalue weighted by molar-refractivity contribution is 9.10. The van der Waals surface area contributed by atoms with Gasteiger partial charge >= 0.3 is 0 Å². The average Bonchev–Trinajstić information content (AvgIpc) is 2.77. The van der Waals surface area contributed by atoms with Crippen LogP contribution in [-0.4, -0.2) is 13.1 Å². The van der Waals surface area contributed by atoms with E-state index in [4.69, 9.17) is 11.6 Å². The van der Waals surface area contributed by atoms with E-state index in [0.29, 0.717) is 11.3 Å². The molecule has 2 rings (SSSR count). The maximum Gasteiger partial charge on any atom is 0.0510 e. The first-order valence-corrected chi connectivity index (χ1v) is 7.84. The van der Waals surface area contributed by atoms with Crippen molar-refractivity contribution in [3.63, 3.8) is 0 Å². The van der Waals surface area contributed by atoms with Crippen molar-refractivity contribution in [1.82, 2.24) is 0 Å². The van der Waals surface area contributed by atoms with Gasteiger partial charge in [0.1, 0.15) is 0 Å². The molecule has 1 fully saturated rings. The molecule has 100 valence electrons. The minimum Gasteiger partial charge on any atom is -0.370 e. The van der Waals surface area contributed by atoms with Gasteiger partial charge in [0.05, 0.1) is 5.69 Å². The van der Waals surface area contributed by atoms with Gasteiger partial charge in [-0.05, 0) is 51.4 Å². The molecule has 1 atom stereocenters. The van der Waals surface area contributed by atoms with Crippen molar-refractivity contribution in [2.45, 2.75) is 33.1 Å². The SMILES string of the molecule is CC(C)(C)C1CCN(c2ccc(CCl)cc2Br)C1. The van der Waals surface area contributed by atoms with Gasteiger partial charge in [0, 0.05) is 23.4 Å². The highest BCUT2D eigenvalue weighted by atomic mass is 79.9. The van der Waals surface area contributed by atoms with Crippen molar-refractivity contribution >= 4 is 33.2 Å². The number of anilines is 1. The summed E-state index contributed by atoms with van der Waals surface area (Å²) < 4.78 is 1.16. The van der Waals surface area contributed by atoms with Gasteiger partial charge in [-0.1, -0.05) is 26.8 Å². The van der Waals surface area contributed by atoms with Crippen LogP contribution in [0.25, 0.3) is 0 Å². The number of alkyl halides is 1. The zero-order valence-electron chi connectivity index (χ0n) is 11.3. The summed E-state index contributed by atoms with van der Waals surface area (Å²) in [4.78, 5) is 2.48. The van der Waals surface area contributed by atoms with Crippen molar-refractivity contribution in [2.24, 2.45) is 11.3 Å². The maximum absolute atomic E-state index is 5.86. The lowest BCUT2D eigenvalue weighted by molar-refractivity contribution is 0.263. The molecule has 1 aliphatic rings. The fourth-order valence-electron chi connectivity index (χ4n) is 2.58. The molecule has 1 aromatic carbocycles. The van der Waals surface area contributed by atoms with Crippen molar-refractivity contribution < 1.29 is 0 Å². The summed E-state index contributed by atoms with van der Waals surface area (Å²) in [5.74, 6) is 1.35. The molecule has 1 saturated heterocycles. The van der Waals surface area contributed by atoms with Crippen LogP contribution in [0, 0.1) is 11.3 Å². The third-order valence-corrected chi connectivity index (χ3v) is 4.86. The van der Waals surface area contributed by atoms with Gasteiger partial charge in [0.25, 0.3) is 0 Å². The van der Waals surface area contributed by atoms with Crippen LogP contribution in [0.2, 0.25) is 0 Å². The summed E-state index contributed by atoms with van der Waals surface area (Å²) >= 11 is 9.53. The number of nitrogens with zero attached hydrogens (tertiary/aromatic N) is 1. The Hall–Kier alpha value is -0.210. The molecule has 1 nitrogen and oxygen atoms in total. The Morgan fingerprint density at radius 2 is 2.11 bits per heavy atom. The van der Waals surface area contributed by atoms with E-state index in [1.165, 1.54) is 17.7 Å². The second kappa shape index (κ2) is 5.42. The van der Waals surface area contributed by atoms with Crippen LogP contribution < -0.4 is 4.90 Å². The Labute approximate surface area is 124 Å². The molecule has 0 amide bonds. The molecule has 1 aliphatic heterocycles. The van der Waals surface area contributed by atoms with Crippen molar-refractivity contribution in [1.29, 1.82) is 0 Å². The fourth-order valence-corrected chi connectivity index (χ4v) is 3.42. The molecule has 18 heavy (non-hydrogen) atoms. The number of benzene rings is 1. The smallest absolute Gasteiger partial charge is 0.0510 e. The van der Waals surface area contributed by atoms with Gasteiger partial charge in [0.2, 0.25) is 0 Å². The van der Waals surface area contributed by atoms with Crippen LogP contribution in [0.5, 0.6) is 0 Å². The van der Waals surface area contributed by atoms with Crippen LogP contribution in [-0.2, 0) is 5.88 Å². The van der Waals surface area contributed by atoms with E-state index < -0.39 is 0 Å². The molecule has 0 N–H and O–H groups in total. The molecule has 0 radical (unpaired) electrons. The molecule has 0 aromatic heterocycles. The number of hydrogen-bond acceptors (Lipinski definition) is 1. The number of halogens is 2. The summed E-state index contributed by atoms with van der Waals surface area (Å²) in [7, 11) is 0. The molecule has 1 aromatic rings. The first-order valence-electron chi connectivity index (χ1n) is 6.51. The minimum atomic E-state index is 0.400. The first kappa shape index (κ1) is 14.2. The lowest BCUT2D eigenvalue weighted by Gasteiger charge is -2.28. The lowest BCUT2D eigenvalue weighted by Crippen LogP contribution is -2.26. The summed E-state index contributed by atoms with van der Waals surface area (Å²) in [6.07, 6.45) is 1.28. The Morgan fingerprint density at radius 1 is 1.39 bits per heavy atom. The van der Waals surface area contributed by atoms with E-state index in [-0.39, 0.29) is 0 Å². The second-order valence-corrected chi connectivity index (χ2v) is 7.34. The molecule has 3 heteroatoms. The van der Waals surface area contributed by atoms with E-state index in [2.05, 4.69) is 59.8 Å². The van der Waals surface area contributed by atoms with Crippen LogP contribution >= 0.6 is 27.5 Å². The second-order valence-electron chi connectivity index (χ2n) is 6.22. The minimum absolute atomic E-state index is 0.400. The maximum atomic E-state index is 5.86. The van der Waals surface area contributed by atoms with Crippen molar-refractivity contribution in [3.05, 3.63) is 28.2 Å². The van der Waals surface area contributed by atoms with Crippen LogP contribution in [0.1, 0.15) is 32.8 Å². The number of hydrogen-bond donors (Lipinski definition) is 0. The molecular formula is C15H21BrClN.